The topological polar surface area (TPSA) is 54.0 Å². The summed E-state index contributed by atoms with van der Waals surface area (Å²) >= 11 is 3.54. The van der Waals surface area contributed by atoms with Crippen molar-refractivity contribution < 1.29 is 4.79 Å². The molecule has 1 aromatic carbocycles. The largest absolute Gasteiger partial charge is 0.354 e. The van der Waals surface area contributed by atoms with Gasteiger partial charge in [-0.3, -0.25) is 9.78 Å². The van der Waals surface area contributed by atoms with E-state index in [-0.39, 0.29) is 11.9 Å². The summed E-state index contributed by atoms with van der Waals surface area (Å²) in [4.78, 5) is 16.0. The Balaban J connectivity index is 1.92. The Hall–Kier alpha value is -1.46. The van der Waals surface area contributed by atoms with Crippen molar-refractivity contribution in [2.45, 2.75) is 32.9 Å². The molecule has 0 unspecified atom stereocenters. The van der Waals surface area contributed by atoms with Crippen molar-refractivity contribution in [1.29, 1.82) is 0 Å². The fourth-order valence-electron chi connectivity index (χ4n) is 2.16. The SMILES string of the molecule is CC(C)NC(=O)CCNCc1ccc(Br)c2cccnc12. The summed E-state index contributed by atoms with van der Waals surface area (Å²) in [5.41, 5.74) is 2.13. The number of carbonyl (C=O) groups excluding carboxylic acids is 1. The molecule has 0 atom stereocenters. The Labute approximate surface area is 133 Å². The molecule has 2 aromatic rings. The minimum absolute atomic E-state index is 0.0799. The van der Waals surface area contributed by atoms with Crippen molar-refractivity contribution in [2.24, 2.45) is 0 Å². The molecule has 0 aliphatic heterocycles. The summed E-state index contributed by atoms with van der Waals surface area (Å²) in [6.07, 6.45) is 2.29. The van der Waals surface area contributed by atoms with Crippen molar-refractivity contribution >= 4 is 32.7 Å². The number of fused-ring (bicyclic) bond motifs is 1. The smallest absolute Gasteiger partial charge is 0.221 e. The number of rotatable bonds is 6. The fraction of sp³-hybridized carbons (Fsp3) is 0.375. The standard InChI is InChI=1S/C16H20BrN3O/c1-11(2)20-15(21)7-9-18-10-12-5-6-14(17)13-4-3-8-19-16(12)13/h3-6,8,11,18H,7,9-10H2,1-2H3,(H,20,21). The van der Waals surface area contributed by atoms with Gasteiger partial charge in [0.25, 0.3) is 0 Å². The molecular formula is C16H20BrN3O. The van der Waals surface area contributed by atoms with Crippen molar-refractivity contribution in [2.75, 3.05) is 6.54 Å². The molecule has 0 spiro atoms. The van der Waals surface area contributed by atoms with Crippen molar-refractivity contribution in [3.8, 4) is 0 Å². The third-order valence-corrected chi connectivity index (χ3v) is 3.79. The van der Waals surface area contributed by atoms with E-state index in [1.54, 1.807) is 6.20 Å². The molecule has 0 saturated heterocycles. The average molecular weight is 350 g/mol. The predicted molar refractivity (Wildman–Crippen MR) is 89.0 cm³/mol. The maximum Gasteiger partial charge on any atom is 0.221 e. The number of hydrogen-bond acceptors (Lipinski definition) is 3. The van der Waals surface area contributed by atoms with Gasteiger partial charge in [-0.1, -0.05) is 28.1 Å². The number of halogens is 1. The molecule has 4 nitrogen and oxygen atoms in total. The normalized spacial score (nSPS) is 11.0. The maximum atomic E-state index is 11.6. The van der Waals surface area contributed by atoms with Crippen molar-refractivity contribution in [3.05, 3.63) is 40.5 Å². The van der Waals surface area contributed by atoms with E-state index in [0.717, 1.165) is 20.9 Å². The number of nitrogens with zero attached hydrogens (tertiary/aromatic N) is 1. The fourth-order valence-corrected chi connectivity index (χ4v) is 2.61. The van der Waals surface area contributed by atoms with E-state index in [0.29, 0.717) is 19.5 Å². The zero-order chi connectivity index (χ0) is 15.2. The van der Waals surface area contributed by atoms with Gasteiger partial charge < -0.3 is 10.6 Å². The van der Waals surface area contributed by atoms with Gasteiger partial charge in [0.05, 0.1) is 5.52 Å². The van der Waals surface area contributed by atoms with Crippen LogP contribution < -0.4 is 10.6 Å². The molecule has 0 bridgehead atoms. The van der Waals surface area contributed by atoms with Crippen molar-refractivity contribution in [3.63, 3.8) is 0 Å². The van der Waals surface area contributed by atoms with Crippen LogP contribution in [0.15, 0.2) is 34.9 Å². The molecule has 0 fully saturated rings. The maximum absolute atomic E-state index is 11.6. The van der Waals surface area contributed by atoms with Crippen LogP contribution in [-0.4, -0.2) is 23.5 Å². The Morgan fingerprint density at radius 1 is 1.33 bits per heavy atom. The van der Waals surface area contributed by atoms with Gasteiger partial charge in [-0.15, -0.1) is 0 Å². The van der Waals surface area contributed by atoms with Crippen LogP contribution in [0.5, 0.6) is 0 Å². The summed E-state index contributed by atoms with van der Waals surface area (Å²) in [6.45, 7) is 5.29. The molecule has 1 aromatic heterocycles. The van der Waals surface area contributed by atoms with E-state index in [1.807, 2.05) is 32.0 Å². The highest BCUT2D eigenvalue weighted by Crippen LogP contribution is 2.24. The Bertz CT molecular complexity index is 628. The average Bonchev–Trinajstić information content (AvgIpc) is 2.45. The summed E-state index contributed by atoms with van der Waals surface area (Å²) in [7, 11) is 0. The van der Waals surface area contributed by atoms with Gasteiger partial charge in [-0.05, 0) is 31.5 Å². The van der Waals surface area contributed by atoms with Crippen LogP contribution in [0.4, 0.5) is 0 Å². The Kier molecular flexibility index (Phi) is 5.70. The van der Waals surface area contributed by atoms with Crippen LogP contribution in [0.3, 0.4) is 0 Å². The molecular weight excluding hydrogens is 330 g/mol. The molecule has 0 aliphatic rings. The zero-order valence-corrected chi connectivity index (χ0v) is 13.9. The molecule has 1 amide bonds. The van der Waals surface area contributed by atoms with Crippen molar-refractivity contribution in [1.82, 2.24) is 15.6 Å². The second-order valence-corrected chi connectivity index (χ2v) is 6.11. The number of benzene rings is 1. The van der Waals surface area contributed by atoms with Crippen LogP contribution in [0.1, 0.15) is 25.8 Å². The number of nitrogens with one attached hydrogen (secondary N) is 2. The lowest BCUT2D eigenvalue weighted by Gasteiger charge is -2.10. The second kappa shape index (κ2) is 7.52. The minimum atomic E-state index is 0.0799. The Morgan fingerprint density at radius 2 is 2.14 bits per heavy atom. The van der Waals surface area contributed by atoms with Gasteiger partial charge in [-0.25, -0.2) is 0 Å². The Morgan fingerprint density at radius 3 is 2.90 bits per heavy atom. The monoisotopic (exact) mass is 349 g/mol. The first-order chi connectivity index (χ1) is 10.1. The lowest BCUT2D eigenvalue weighted by molar-refractivity contribution is -0.121. The van der Waals surface area contributed by atoms with Gasteiger partial charge in [0.2, 0.25) is 5.91 Å². The third-order valence-electron chi connectivity index (χ3n) is 3.09. The first kappa shape index (κ1) is 15.9. The minimum Gasteiger partial charge on any atom is -0.354 e. The van der Waals surface area contributed by atoms with E-state index in [4.69, 9.17) is 0 Å². The molecule has 1 heterocycles. The lowest BCUT2D eigenvalue weighted by Crippen LogP contribution is -2.32. The molecule has 2 rings (SSSR count). The van der Waals surface area contributed by atoms with Crippen LogP contribution in [-0.2, 0) is 11.3 Å². The molecule has 112 valence electrons. The molecule has 5 heteroatoms. The zero-order valence-electron chi connectivity index (χ0n) is 12.3. The van der Waals surface area contributed by atoms with Crippen LogP contribution in [0.2, 0.25) is 0 Å². The summed E-state index contributed by atoms with van der Waals surface area (Å²) in [6, 6.07) is 8.26. The second-order valence-electron chi connectivity index (χ2n) is 5.26. The number of hydrogen-bond donors (Lipinski definition) is 2. The van der Waals surface area contributed by atoms with E-state index in [9.17, 15) is 4.79 Å². The van der Waals surface area contributed by atoms with Crippen LogP contribution in [0, 0.1) is 0 Å². The molecule has 0 saturated carbocycles. The lowest BCUT2D eigenvalue weighted by atomic mass is 10.1. The molecule has 0 aliphatic carbocycles. The van der Waals surface area contributed by atoms with E-state index in [1.165, 1.54) is 0 Å². The molecule has 0 radical (unpaired) electrons. The van der Waals surface area contributed by atoms with Gasteiger partial charge in [0.15, 0.2) is 0 Å². The molecule has 21 heavy (non-hydrogen) atoms. The quantitative estimate of drug-likeness (QED) is 0.788. The highest BCUT2D eigenvalue weighted by atomic mass is 79.9. The summed E-state index contributed by atoms with van der Waals surface area (Å²) in [5, 5.41) is 7.29. The van der Waals surface area contributed by atoms with E-state index >= 15 is 0 Å². The van der Waals surface area contributed by atoms with Gasteiger partial charge >= 0.3 is 0 Å². The van der Waals surface area contributed by atoms with Crippen LogP contribution >= 0.6 is 15.9 Å². The van der Waals surface area contributed by atoms with Gasteiger partial charge in [0, 0.05) is 41.6 Å². The first-order valence-corrected chi connectivity index (χ1v) is 7.89. The summed E-state index contributed by atoms with van der Waals surface area (Å²) in [5.74, 6) is 0.0799. The summed E-state index contributed by atoms with van der Waals surface area (Å²) < 4.78 is 1.05. The number of carbonyl (C=O) groups is 1. The molecule has 2 N–H and O–H groups in total. The van der Waals surface area contributed by atoms with Gasteiger partial charge in [0.1, 0.15) is 0 Å². The van der Waals surface area contributed by atoms with Gasteiger partial charge in [-0.2, -0.15) is 0 Å². The third kappa shape index (κ3) is 4.51. The highest BCUT2D eigenvalue weighted by Gasteiger charge is 2.06. The first-order valence-electron chi connectivity index (χ1n) is 7.10. The number of pyridine rings is 1. The predicted octanol–water partition coefficient (Wildman–Crippen LogP) is 3.00. The van der Waals surface area contributed by atoms with Crippen LogP contribution in [0.25, 0.3) is 10.9 Å². The number of aromatic nitrogens is 1. The number of amides is 1. The van der Waals surface area contributed by atoms with E-state index in [2.05, 4.69) is 37.6 Å². The highest BCUT2D eigenvalue weighted by molar-refractivity contribution is 9.10. The van der Waals surface area contributed by atoms with E-state index < -0.39 is 0 Å².